The number of amides is 1. The number of likely N-dealkylation sites (tertiary alicyclic amines) is 1. The normalized spacial score (nSPS) is 17.2. The van der Waals surface area contributed by atoms with E-state index in [1.54, 1.807) is 0 Å². The predicted octanol–water partition coefficient (Wildman–Crippen LogP) is 5.76. The fourth-order valence-electron chi connectivity index (χ4n) is 5.12. The Hall–Kier alpha value is -3.38. The molecule has 1 aliphatic carbocycles. The fourth-order valence-corrected chi connectivity index (χ4v) is 5.12. The molecule has 1 amide bonds. The van der Waals surface area contributed by atoms with Gasteiger partial charge in [-0.3, -0.25) is 4.79 Å². The van der Waals surface area contributed by atoms with Crippen LogP contribution in [0, 0.1) is 18.8 Å². The molecule has 6 heteroatoms. The lowest BCUT2D eigenvalue weighted by molar-refractivity contribution is -0.117. The van der Waals surface area contributed by atoms with Crippen LogP contribution < -0.4 is 10.1 Å². The van der Waals surface area contributed by atoms with Crippen LogP contribution in [-0.4, -0.2) is 47.5 Å². The number of pyridine rings is 1. The van der Waals surface area contributed by atoms with E-state index in [1.807, 2.05) is 18.3 Å². The molecule has 2 aromatic carbocycles. The maximum atomic E-state index is 12.3. The van der Waals surface area contributed by atoms with Crippen LogP contribution in [0.5, 0.6) is 5.75 Å². The first-order valence-corrected chi connectivity index (χ1v) is 12.7. The van der Waals surface area contributed by atoms with Gasteiger partial charge in [-0.05, 0) is 106 Å². The molecule has 2 fully saturated rings. The smallest absolute Gasteiger partial charge is 0.227 e. The zero-order chi connectivity index (χ0) is 23.9. The van der Waals surface area contributed by atoms with E-state index >= 15 is 0 Å². The van der Waals surface area contributed by atoms with E-state index in [1.165, 1.54) is 12.8 Å². The van der Waals surface area contributed by atoms with Crippen LogP contribution in [0.2, 0.25) is 0 Å². The van der Waals surface area contributed by atoms with Gasteiger partial charge in [0.2, 0.25) is 5.91 Å². The van der Waals surface area contributed by atoms with Crippen LogP contribution in [0.1, 0.15) is 31.2 Å². The molecule has 1 saturated carbocycles. The molecule has 3 heterocycles. The predicted molar refractivity (Wildman–Crippen MR) is 141 cm³/mol. The fraction of sp³-hybridized carbons (Fsp3) is 0.379. The van der Waals surface area contributed by atoms with Gasteiger partial charge < -0.3 is 19.9 Å². The van der Waals surface area contributed by atoms with E-state index in [0.29, 0.717) is 5.92 Å². The number of aromatic amines is 1. The summed E-state index contributed by atoms with van der Waals surface area (Å²) in [5.74, 6) is 1.75. The van der Waals surface area contributed by atoms with Crippen molar-refractivity contribution in [2.24, 2.45) is 11.8 Å². The van der Waals surface area contributed by atoms with Gasteiger partial charge in [-0.1, -0.05) is 12.1 Å². The monoisotopic (exact) mass is 468 g/mol. The minimum Gasteiger partial charge on any atom is -0.491 e. The van der Waals surface area contributed by atoms with E-state index in [9.17, 15) is 4.79 Å². The quantitative estimate of drug-likeness (QED) is 0.377. The summed E-state index contributed by atoms with van der Waals surface area (Å²) in [6, 6.07) is 14.5. The van der Waals surface area contributed by atoms with Gasteiger partial charge in [0.05, 0.1) is 12.1 Å². The summed E-state index contributed by atoms with van der Waals surface area (Å²) < 4.78 is 6.42. The molecule has 2 N–H and O–H groups in total. The molecule has 2 aliphatic rings. The largest absolute Gasteiger partial charge is 0.491 e. The maximum absolute atomic E-state index is 12.3. The number of fused-ring (bicyclic) bond motifs is 3. The molecule has 0 atom stereocenters. The minimum absolute atomic E-state index is 0.122. The number of rotatable bonds is 6. The molecule has 4 aromatic rings. The Morgan fingerprint density at radius 3 is 2.77 bits per heavy atom. The number of benzene rings is 2. The van der Waals surface area contributed by atoms with E-state index < -0.39 is 0 Å². The number of hydrogen-bond acceptors (Lipinski definition) is 4. The lowest BCUT2D eigenvalue weighted by Gasteiger charge is -2.28. The third-order valence-electron chi connectivity index (χ3n) is 7.41. The van der Waals surface area contributed by atoms with E-state index in [-0.39, 0.29) is 11.8 Å². The number of aryl methyl sites for hydroxylation is 1. The number of ether oxygens (including phenoxy) is 1. The molecular formula is C29H32N4O2. The Morgan fingerprint density at radius 1 is 1.14 bits per heavy atom. The standard InChI is InChI=1S/C29H32N4O2/c1-18-14-24-26-23(21-4-3-5-22(15-21)31-29(34)20-6-7-20)8-9-25(27(26)32-28(24)30-16-18)35-17-19-10-12-33(2)13-11-19/h3-5,8-9,14-16,19-20H,6-7,10-13,17H2,1-2H3,(H,30,32)(H,31,34). The summed E-state index contributed by atoms with van der Waals surface area (Å²) in [6.45, 7) is 5.06. The molecule has 2 aromatic heterocycles. The molecule has 0 radical (unpaired) electrons. The number of nitrogens with zero attached hydrogens (tertiary/aromatic N) is 2. The van der Waals surface area contributed by atoms with Crippen molar-refractivity contribution in [3.63, 3.8) is 0 Å². The molecular weight excluding hydrogens is 436 g/mol. The minimum atomic E-state index is 0.122. The molecule has 0 spiro atoms. The number of anilines is 1. The third kappa shape index (κ3) is 4.50. The Bertz CT molecular complexity index is 1400. The summed E-state index contributed by atoms with van der Waals surface area (Å²) in [6.07, 6.45) is 6.22. The second-order valence-electron chi connectivity index (χ2n) is 10.3. The van der Waals surface area contributed by atoms with Crippen molar-refractivity contribution in [3.8, 4) is 16.9 Å². The molecule has 6 rings (SSSR count). The summed E-state index contributed by atoms with van der Waals surface area (Å²) in [4.78, 5) is 22.9. The van der Waals surface area contributed by atoms with Gasteiger partial charge in [-0.25, -0.2) is 4.98 Å². The van der Waals surface area contributed by atoms with Crippen LogP contribution in [-0.2, 0) is 4.79 Å². The molecule has 1 aliphatic heterocycles. The average Bonchev–Trinajstić information content (AvgIpc) is 3.65. The van der Waals surface area contributed by atoms with Gasteiger partial charge in [0.1, 0.15) is 11.4 Å². The van der Waals surface area contributed by atoms with Crippen LogP contribution >= 0.6 is 0 Å². The molecule has 1 saturated heterocycles. The number of carbonyl (C=O) groups is 1. The first kappa shape index (κ1) is 22.1. The summed E-state index contributed by atoms with van der Waals surface area (Å²) in [5.41, 5.74) is 5.97. The van der Waals surface area contributed by atoms with E-state index in [2.05, 4.69) is 64.5 Å². The summed E-state index contributed by atoms with van der Waals surface area (Å²) >= 11 is 0. The second-order valence-corrected chi connectivity index (χ2v) is 10.3. The average molecular weight is 469 g/mol. The first-order valence-electron chi connectivity index (χ1n) is 12.7. The zero-order valence-electron chi connectivity index (χ0n) is 20.4. The van der Waals surface area contributed by atoms with Gasteiger partial charge in [-0.15, -0.1) is 0 Å². The Kier molecular flexibility index (Phi) is 5.69. The van der Waals surface area contributed by atoms with Gasteiger partial charge in [0.25, 0.3) is 0 Å². The number of carbonyl (C=O) groups excluding carboxylic acids is 1. The Morgan fingerprint density at radius 2 is 1.97 bits per heavy atom. The highest BCUT2D eigenvalue weighted by molar-refractivity contribution is 6.15. The van der Waals surface area contributed by atoms with Gasteiger partial charge >= 0.3 is 0 Å². The first-order chi connectivity index (χ1) is 17.0. The lowest BCUT2D eigenvalue weighted by atomic mass is 9.97. The van der Waals surface area contributed by atoms with E-state index in [4.69, 9.17) is 4.74 Å². The number of H-pyrrole nitrogens is 1. The number of piperidine rings is 1. The highest BCUT2D eigenvalue weighted by Gasteiger charge is 2.29. The molecule has 0 unspecified atom stereocenters. The number of hydrogen-bond donors (Lipinski definition) is 2. The van der Waals surface area contributed by atoms with Crippen molar-refractivity contribution in [3.05, 3.63) is 54.2 Å². The van der Waals surface area contributed by atoms with Crippen LogP contribution in [0.25, 0.3) is 33.1 Å². The van der Waals surface area contributed by atoms with Crippen molar-refractivity contribution in [1.29, 1.82) is 0 Å². The third-order valence-corrected chi connectivity index (χ3v) is 7.41. The number of aromatic nitrogens is 2. The maximum Gasteiger partial charge on any atom is 0.227 e. The number of nitrogens with one attached hydrogen (secondary N) is 2. The topological polar surface area (TPSA) is 70.2 Å². The second kappa shape index (κ2) is 9.00. The van der Waals surface area contributed by atoms with Crippen molar-refractivity contribution >= 4 is 33.5 Å². The zero-order valence-corrected chi connectivity index (χ0v) is 20.4. The summed E-state index contributed by atoms with van der Waals surface area (Å²) in [5, 5.41) is 5.29. The van der Waals surface area contributed by atoms with E-state index in [0.717, 1.165) is 82.6 Å². The summed E-state index contributed by atoms with van der Waals surface area (Å²) in [7, 11) is 2.19. The van der Waals surface area contributed by atoms with Crippen LogP contribution in [0.3, 0.4) is 0 Å². The van der Waals surface area contributed by atoms with Crippen LogP contribution in [0.4, 0.5) is 5.69 Å². The molecule has 0 bridgehead atoms. The van der Waals surface area contributed by atoms with Crippen molar-refractivity contribution in [2.75, 3.05) is 32.1 Å². The van der Waals surface area contributed by atoms with Gasteiger partial charge in [0.15, 0.2) is 0 Å². The van der Waals surface area contributed by atoms with Crippen molar-refractivity contribution < 1.29 is 9.53 Å². The Balaban J connectivity index is 1.38. The van der Waals surface area contributed by atoms with Gasteiger partial charge in [-0.2, -0.15) is 0 Å². The SMILES string of the molecule is Cc1cnc2[nH]c3c(OCC4CCN(C)CC4)ccc(-c4cccc(NC(=O)C5CC5)c4)c3c2c1. The molecule has 180 valence electrons. The lowest BCUT2D eigenvalue weighted by Crippen LogP contribution is -2.32. The van der Waals surface area contributed by atoms with Crippen molar-refractivity contribution in [1.82, 2.24) is 14.9 Å². The van der Waals surface area contributed by atoms with Gasteiger partial charge in [0, 0.05) is 28.6 Å². The molecule has 35 heavy (non-hydrogen) atoms. The Labute approximate surface area is 205 Å². The molecule has 6 nitrogen and oxygen atoms in total. The highest BCUT2D eigenvalue weighted by atomic mass is 16.5. The van der Waals surface area contributed by atoms with Crippen molar-refractivity contribution in [2.45, 2.75) is 32.6 Å². The highest BCUT2D eigenvalue weighted by Crippen LogP contribution is 2.40. The van der Waals surface area contributed by atoms with Crippen LogP contribution in [0.15, 0.2) is 48.7 Å².